The second-order valence-corrected chi connectivity index (χ2v) is 9.53. The van der Waals surface area contributed by atoms with Crippen molar-refractivity contribution in [1.82, 2.24) is 20.1 Å². The Morgan fingerprint density at radius 2 is 1.79 bits per heavy atom. The number of rotatable bonds is 5. The summed E-state index contributed by atoms with van der Waals surface area (Å²) >= 11 is 0.296. The summed E-state index contributed by atoms with van der Waals surface area (Å²) in [5, 5.41) is 7.14. The van der Waals surface area contributed by atoms with Gasteiger partial charge in [0.05, 0.1) is 11.4 Å². The fourth-order valence-electron chi connectivity index (χ4n) is 4.69. The van der Waals surface area contributed by atoms with Gasteiger partial charge < -0.3 is 5.32 Å². The van der Waals surface area contributed by atoms with Crippen molar-refractivity contribution in [3.63, 3.8) is 0 Å². The van der Waals surface area contributed by atoms with Gasteiger partial charge in [-0.3, -0.25) is 14.5 Å². The Balaban J connectivity index is 1.64. The molecule has 1 aliphatic heterocycles. The number of benzene rings is 2. The van der Waals surface area contributed by atoms with Crippen molar-refractivity contribution < 1.29 is 27.2 Å². The van der Waals surface area contributed by atoms with Gasteiger partial charge in [-0.1, -0.05) is 30.3 Å². The number of nitrogens with one attached hydrogen (secondary N) is 1. The fraction of sp³-hybridized carbons (Fsp3) is 0.231. The summed E-state index contributed by atoms with van der Waals surface area (Å²) in [5.41, 5.74) is 2.02. The average molecular weight is 544 g/mol. The Morgan fingerprint density at radius 3 is 2.39 bits per heavy atom. The molecule has 0 spiro atoms. The van der Waals surface area contributed by atoms with Crippen LogP contribution in [0.3, 0.4) is 0 Å². The van der Waals surface area contributed by atoms with Crippen LogP contribution in [-0.4, -0.2) is 39.2 Å². The minimum atomic E-state index is -4.70. The molecule has 0 aliphatic carbocycles. The maximum absolute atomic E-state index is 13.9. The van der Waals surface area contributed by atoms with E-state index >= 15 is 0 Å². The lowest BCUT2D eigenvalue weighted by molar-refractivity contribution is -0.137. The van der Waals surface area contributed by atoms with E-state index in [1.54, 1.807) is 18.5 Å². The number of thiazole rings is 1. The molecule has 2 aromatic carbocycles. The maximum atomic E-state index is 13.9. The van der Waals surface area contributed by atoms with Gasteiger partial charge in [0.25, 0.3) is 11.8 Å². The van der Waals surface area contributed by atoms with Crippen LogP contribution in [0.4, 0.5) is 23.4 Å². The van der Waals surface area contributed by atoms with Crippen LogP contribution >= 0.6 is 11.3 Å². The molecule has 0 saturated heterocycles. The molecule has 2 atom stereocenters. The van der Waals surface area contributed by atoms with Crippen molar-refractivity contribution in [2.45, 2.75) is 32.0 Å². The molecule has 0 saturated carbocycles. The first-order chi connectivity index (χ1) is 18.1. The smallest absolute Gasteiger partial charge is 0.338 e. The molecule has 1 aliphatic rings. The van der Waals surface area contributed by atoms with E-state index in [9.17, 15) is 27.2 Å². The maximum Gasteiger partial charge on any atom is 0.443 e. The number of carbonyl (C=O) groups is 2. The number of likely N-dealkylation sites (N-methyl/N-ethyl adjacent to an activating group) is 1. The van der Waals surface area contributed by atoms with E-state index in [-0.39, 0.29) is 6.54 Å². The summed E-state index contributed by atoms with van der Waals surface area (Å²) in [6.45, 7) is 3.78. The Morgan fingerprint density at radius 1 is 1.11 bits per heavy atom. The van der Waals surface area contributed by atoms with Gasteiger partial charge in [-0.05, 0) is 43.7 Å². The second-order valence-electron chi connectivity index (χ2n) is 8.67. The van der Waals surface area contributed by atoms with Crippen LogP contribution in [0.5, 0.6) is 0 Å². The predicted molar refractivity (Wildman–Crippen MR) is 133 cm³/mol. The molecule has 0 radical (unpaired) electrons. The minimum Gasteiger partial charge on any atom is -0.338 e. The third-order valence-corrected chi connectivity index (χ3v) is 7.21. The van der Waals surface area contributed by atoms with E-state index in [0.717, 1.165) is 5.38 Å². The summed E-state index contributed by atoms with van der Waals surface area (Å²) in [7, 11) is 0. The number of fused-ring (bicyclic) bond motifs is 1. The topological polar surface area (TPSA) is 80.1 Å². The van der Waals surface area contributed by atoms with Crippen molar-refractivity contribution in [2.75, 3.05) is 11.4 Å². The average Bonchev–Trinajstić information content (AvgIpc) is 3.52. The molecule has 0 bridgehead atoms. The first-order valence-corrected chi connectivity index (χ1v) is 12.5. The fourth-order valence-corrected chi connectivity index (χ4v) is 5.35. The summed E-state index contributed by atoms with van der Waals surface area (Å²) < 4.78 is 54.7. The molecule has 196 valence electrons. The number of alkyl halides is 3. The zero-order valence-corrected chi connectivity index (χ0v) is 21.0. The van der Waals surface area contributed by atoms with Crippen molar-refractivity contribution in [2.24, 2.45) is 0 Å². The molecule has 7 nitrogen and oxygen atoms in total. The Labute approximate surface area is 218 Å². The lowest BCUT2D eigenvalue weighted by Gasteiger charge is -2.38. The highest BCUT2D eigenvalue weighted by Gasteiger charge is 2.46. The number of halogens is 4. The normalized spacial score (nSPS) is 17.4. The molecular weight excluding hydrogens is 522 g/mol. The van der Waals surface area contributed by atoms with E-state index in [2.05, 4.69) is 10.3 Å². The largest absolute Gasteiger partial charge is 0.443 e. The lowest BCUT2D eigenvalue weighted by Crippen LogP contribution is -2.55. The molecule has 1 N–H and O–H groups in total. The highest BCUT2D eigenvalue weighted by atomic mass is 32.1. The molecule has 4 aromatic rings. The quantitative estimate of drug-likeness (QED) is 0.356. The lowest BCUT2D eigenvalue weighted by atomic mass is 9.81. The molecule has 3 heterocycles. The number of hydrogen-bond acceptors (Lipinski definition) is 5. The molecule has 12 heteroatoms. The number of amides is 2. The van der Waals surface area contributed by atoms with Gasteiger partial charge in [-0.15, -0.1) is 11.3 Å². The monoisotopic (exact) mass is 543 g/mol. The van der Waals surface area contributed by atoms with E-state index in [0.29, 0.717) is 39.7 Å². The van der Waals surface area contributed by atoms with Crippen LogP contribution < -0.4 is 10.2 Å². The number of nitrogens with zero attached hydrogens (tertiary/aromatic N) is 4. The van der Waals surface area contributed by atoms with Crippen LogP contribution in [-0.2, 0) is 11.0 Å². The number of anilines is 1. The number of aryl methyl sites for hydroxylation is 1. The summed E-state index contributed by atoms with van der Waals surface area (Å²) in [6.07, 6.45) is -4.70. The van der Waals surface area contributed by atoms with Crippen LogP contribution in [0.2, 0.25) is 0 Å². The van der Waals surface area contributed by atoms with Crippen LogP contribution in [0, 0.1) is 12.7 Å². The van der Waals surface area contributed by atoms with E-state index in [1.807, 2.05) is 30.3 Å². The zero-order valence-electron chi connectivity index (χ0n) is 20.2. The Kier molecular flexibility index (Phi) is 6.51. The van der Waals surface area contributed by atoms with Crippen LogP contribution in [0.1, 0.15) is 45.2 Å². The number of carbonyl (C=O) groups excluding carboxylic acids is 2. The van der Waals surface area contributed by atoms with Gasteiger partial charge in [0.2, 0.25) is 0 Å². The zero-order chi connectivity index (χ0) is 27.2. The standard InChI is InChI=1S/C26H21F4N5O2S/c1-3-34-23-19(14(2)33-35(23)17-7-5-4-6-8-17)20(15-9-11-16(27)12-10-15)21(24(34)37)32-22(36)18-13-38-25(31-18)26(28,29)30/h4-13,20-21H,3H2,1-2H3,(H,32,36)/t20?,21-/m1/s1. The molecule has 1 unspecified atom stereocenters. The van der Waals surface area contributed by atoms with Crippen molar-refractivity contribution in [3.05, 3.63) is 93.3 Å². The molecule has 2 amide bonds. The van der Waals surface area contributed by atoms with Gasteiger partial charge in [-0.2, -0.15) is 18.3 Å². The third-order valence-electron chi connectivity index (χ3n) is 6.33. The van der Waals surface area contributed by atoms with E-state index < -0.39 is 46.5 Å². The molecular formula is C26H21F4N5O2S. The highest BCUT2D eigenvalue weighted by Crippen LogP contribution is 2.43. The summed E-state index contributed by atoms with van der Waals surface area (Å²) in [4.78, 5) is 31.9. The van der Waals surface area contributed by atoms with Crippen molar-refractivity contribution >= 4 is 29.0 Å². The third kappa shape index (κ3) is 4.44. The molecule has 5 rings (SSSR count). The van der Waals surface area contributed by atoms with Crippen LogP contribution in [0.15, 0.2) is 60.0 Å². The number of aromatic nitrogens is 3. The first kappa shape index (κ1) is 25.6. The van der Waals surface area contributed by atoms with Crippen molar-refractivity contribution in [3.8, 4) is 5.69 Å². The Hall–Kier alpha value is -4.06. The van der Waals surface area contributed by atoms with Gasteiger partial charge in [0.15, 0.2) is 5.01 Å². The first-order valence-electron chi connectivity index (χ1n) is 11.7. The van der Waals surface area contributed by atoms with E-state index in [4.69, 9.17) is 5.10 Å². The van der Waals surface area contributed by atoms with Gasteiger partial charge >= 0.3 is 6.18 Å². The van der Waals surface area contributed by atoms with Crippen molar-refractivity contribution in [1.29, 1.82) is 0 Å². The SMILES string of the molecule is CCN1C(=O)[C@H](NC(=O)c2csc(C(F)(F)F)n2)C(c2ccc(F)cc2)c2c(C)nn(-c3ccccc3)c21. The number of para-hydroxylation sites is 1. The van der Waals surface area contributed by atoms with E-state index in [1.165, 1.54) is 29.2 Å². The molecule has 0 fully saturated rings. The molecule has 38 heavy (non-hydrogen) atoms. The highest BCUT2D eigenvalue weighted by molar-refractivity contribution is 7.10. The minimum absolute atomic E-state index is 0.237. The van der Waals surface area contributed by atoms with Gasteiger partial charge in [-0.25, -0.2) is 14.1 Å². The Bertz CT molecular complexity index is 1500. The number of hydrogen-bond donors (Lipinski definition) is 1. The van der Waals surface area contributed by atoms with Gasteiger partial charge in [0.1, 0.15) is 23.4 Å². The summed E-state index contributed by atoms with van der Waals surface area (Å²) in [5.74, 6) is -2.16. The predicted octanol–water partition coefficient (Wildman–Crippen LogP) is 5.09. The van der Waals surface area contributed by atoms with Gasteiger partial charge in [0, 0.05) is 23.4 Å². The molecule has 2 aromatic heterocycles. The summed E-state index contributed by atoms with van der Waals surface area (Å²) in [6, 6.07) is 13.5. The second kappa shape index (κ2) is 9.67. The van der Waals surface area contributed by atoms with Crippen LogP contribution in [0.25, 0.3) is 5.69 Å².